The monoisotopic (exact) mass is 169 g/mol. The topological polar surface area (TPSA) is 3.24 Å². The summed E-state index contributed by atoms with van der Waals surface area (Å²) in [6.45, 7) is 4.75. The van der Waals surface area contributed by atoms with Gasteiger partial charge in [-0.25, -0.2) is 0 Å². The van der Waals surface area contributed by atoms with Crippen molar-refractivity contribution in [3.63, 3.8) is 0 Å². The molecular formula is C11H23N. The molecule has 0 N–H and O–H groups in total. The summed E-state index contributed by atoms with van der Waals surface area (Å²) in [6, 6.07) is 0.775. The highest BCUT2D eigenvalue weighted by atomic mass is 15.1. The van der Waals surface area contributed by atoms with Gasteiger partial charge in [0.1, 0.15) is 0 Å². The van der Waals surface area contributed by atoms with E-state index in [4.69, 9.17) is 0 Å². The maximum absolute atomic E-state index is 2.39. The molecule has 1 unspecified atom stereocenters. The largest absolute Gasteiger partial charge is 0.306 e. The summed E-state index contributed by atoms with van der Waals surface area (Å²) in [6.07, 6.45) is 5.78. The lowest BCUT2D eigenvalue weighted by Gasteiger charge is -2.34. The van der Waals surface area contributed by atoms with Gasteiger partial charge in [0.05, 0.1) is 0 Å². The minimum atomic E-state index is 0.775. The predicted molar refractivity (Wildman–Crippen MR) is 54.3 cm³/mol. The van der Waals surface area contributed by atoms with Gasteiger partial charge in [0.2, 0.25) is 0 Å². The molecule has 0 aromatic rings. The summed E-state index contributed by atoms with van der Waals surface area (Å²) in [7, 11) is 4.39. The standard InChI is InChI=1S/C11H23N/c1-9-5-7-11(8-6-9)10(2)12(3)4/h9-11H,5-8H2,1-4H3. The van der Waals surface area contributed by atoms with Crippen LogP contribution < -0.4 is 0 Å². The van der Waals surface area contributed by atoms with Crippen molar-refractivity contribution in [1.29, 1.82) is 0 Å². The third-order valence-corrected chi connectivity index (χ3v) is 3.56. The lowest BCUT2D eigenvalue weighted by molar-refractivity contribution is 0.166. The highest BCUT2D eigenvalue weighted by Crippen LogP contribution is 2.31. The Balaban J connectivity index is 2.34. The molecule has 0 amide bonds. The Morgan fingerprint density at radius 3 is 2.00 bits per heavy atom. The minimum absolute atomic E-state index is 0.775. The Kier molecular flexibility index (Phi) is 3.57. The number of nitrogens with zero attached hydrogens (tertiary/aromatic N) is 1. The van der Waals surface area contributed by atoms with Crippen molar-refractivity contribution in [3.8, 4) is 0 Å². The van der Waals surface area contributed by atoms with Crippen molar-refractivity contribution in [2.75, 3.05) is 14.1 Å². The summed E-state index contributed by atoms with van der Waals surface area (Å²) < 4.78 is 0. The summed E-state index contributed by atoms with van der Waals surface area (Å²) in [4.78, 5) is 2.36. The van der Waals surface area contributed by atoms with Gasteiger partial charge in [-0.15, -0.1) is 0 Å². The van der Waals surface area contributed by atoms with E-state index in [1.807, 2.05) is 0 Å². The van der Waals surface area contributed by atoms with Gasteiger partial charge in [0, 0.05) is 6.04 Å². The van der Waals surface area contributed by atoms with E-state index in [0.717, 1.165) is 17.9 Å². The maximum Gasteiger partial charge on any atom is 0.00891 e. The fourth-order valence-electron chi connectivity index (χ4n) is 2.19. The average molecular weight is 169 g/mol. The summed E-state index contributed by atoms with van der Waals surface area (Å²) >= 11 is 0. The van der Waals surface area contributed by atoms with E-state index in [1.165, 1.54) is 25.7 Å². The molecule has 1 saturated carbocycles. The molecule has 1 aliphatic rings. The molecule has 1 heteroatoms. The minimum Gasteiger partial charge on any atom is -0.306 e. The fourth-order valence-corrected chi connectivity index (χ4v) is 2.19. The zero-order valence-electron chi connectivity index (χ0n) is 9.01. The van der Waals surface area contributed by atoms with E-state index in [9.17, 15) is 0 Å². The van der Waals surface area contributed by atoms with E-state index in [-0.39, 0.29) is 0 Å². The first-order valence-corrected chi connectivity index (χ1v) is 5.27. The molecule has 1 fully saturated rings. The van der Waals surface area contributed by atoms with Gasteiger partial charge in [0.25, 0.3) is 0 Å². The second-order valence-corrected chi connectivity index (χ2v) is 4.72. The molecule has 0 heterocycles. The van der Waals surface area contributed by atoms with E-state index in [0.29, 0.717) is 0 Å². The summed E-state index contributed by atoms with van der Waals surface area (Å²) in [5.41, 5.74) is 0. The molecule has 0 spiro atoms. The van der Waals surface area contributed by atoms with Crippen LogP contribution in [0.25, 0.3) is 0 Å². The van der Waals surface area contributed by atoms with Crippen LogP contribution in [0.5, 0.6) is 0 Å². The highest BCUT2D eigenvalue weighted by Gasteiger charge is 2.23. The Morgan fingerprint density at radius 2 is 1.58 bits per heavy atom. The summed E-state index contributed by atoms with van der Waals surface area (Å²) in [5.74, 6) is 1.94. The first kappa shape index (κ1) is 10.0. The van der Waals surface area contributed by atoms with Crippen LogP contribution in [-0.2, 0) is 0 Å². The van der Waals surface area contributed by atoms with Crippen molar-refractivity contribution < 1.29 is 0 Å². The van der Waals surface area contributed by atoms with Crippen LogP contribution in [0.15, 0.2) is 0 Å². The quantitative estimate of drug-likeness (QED) is 0.614. The molecule has 72 valence electrons. The number of hydrogen-bond acceptors (Lipinski definition) is 1. The number of hydrogen-bond donors (Lipinski definition) is 0. The molecule has 0 radical (unpaired) electrons. The van der Waals surface area contributed by atoms with Crippen molar-refractivity contribution in [2.24, 2.45) is 11.8 Å². The lowest BCUT2D eigenvalue weighted by Crippen LogP contribution is -2.34. The van der Waals surface area contributed by atoms with Crippen LogP contribution >= 0.6 is 0 Å². The van der Waals surface area contributed by atoms with E-state index in [2.05, 4.69) is 32.8 Å². The van der Waals surface area contributed by atoms with Gasteiger partial charge in [0.15, 0.2) is 0 Å². The van der Waals surface area contributed by atoms with Gasteiger partial charge < -0.3 is 4.90 Å². The highest BCUT2D eigenvalue weighted by molar-refractivity contribution is 4.77. The van der Waals surface area contributed by atoms with Crippen molar-refractivity contribution in [3.05, 3.63) is 0 Å². The van der Waals surface area contributed by atoms with E-state index in [1.54, 1.807) is 0 Å². The SMILES string of the molecule is CC1CCC(C(C)N(C)C)CC1. The van der Waals surface area contributed by atoms with Gasteiger partial charge in [-0.1, -0.05) is 19.8 Å². The molecule has 0 aromatic carbocycles. The predicted octanol–water partition coefficient (Wildman–Crippen LogP) is 2.76. The van der Waals surface area contributed by atoms with Crippen LogP contribution in [0, 0.1) is 11.8 Å². The Morgan fingerprint density at radius 1 is 1.08 bits per heavy atom. The average Bonchev–Trinajstić information content (AvgIpc) is 2.04. The first-order valence-electron chi connectivity index (χ1n) is 5.27. The van der Waals surface area contributed by atoms with Gasteiger partial charge >= 0.3 is 0 Å². The molecule has 0 aromatic heterocycles. The third-order valence-electron chi connectivity index (χ3n) is 3.56. The van der Waals surface area contributed by atoms with Crippen LogP contribution in [-0.4, -0.2) is 25.0 Å². The molecular weight excluding hydrogens is 146 g/mol. The maximum atomic E-state index is 2.39. The molecule has 1 rings (SSSR count). The van der Waals surface area contributed by atoms with Gasteiger partial charge in [-0.3, -0.25) is 0 Å². The smallest absolute Gasteiger partial charge is 0.00891 e. The van der Waals surface area contributed by atoms with Crippen LogP contribution in [0.1, 0.15) is 39.5 Å². The molecule has 12 heavy (non-hydrogen) atoms. The van der Waals surface area contributed by atoms with E-state index >= 15 is 0 Å². The summed E-state index contributed by atoms with van der Waals surface area (Å²) in [5, 5.41) is 0. The Hall–Kier alpha value is -0.0400. The molecule has 1 aliphatic carbocycles. The fraction of sp³-hybridized carbons (Fsp3) is 1.00. The van der Waals surface area contributed by atoms with E-state index < -0.39 is 0 Å². The molecule has 1 nitrogen and oxygen atoms in total. The number of rotatable bonds is 2. The van der Waals surface area contributed by atoms with Crippen molar-refractivity contribution in [2.45, 2.75) is 45.6 Å². The third kappa shape index (κ3) is 2.48. The Labute approximate surface area is 77.1 Å². The second-order valence-electron chi connectivity index (χ2n) is 4.72. The van der Waals surface area contributed by atoms with Crippen LogP contribution in [0.2, 0.25) is 0 Å². The van der Waals surface area contributed by atoms with Crippen LogP contribution in [0.4, 0.5) is 0 Å². The molecule has 0 bridgehead atoms. The first-order chi connectivity index (χ1) is 5.61. The lowest BCUT2D eigenvalue weighted by atomic mass is 9.79. The van der Waals surface area contributed by atoms with Crippen molar-refractivity contribution >= 4 is 0 Å². The zero-order valence-corrected chi connectivity index (χ0v) is 9.01. The van der Waals surface area contributed by atoms with Gasteiger partial charge in [-0.2, -0.15) is 0 Å². The Bertz CT molecular complexity index is 123. The van der Waals surface area contributed by atoms with Crippen molar-refractivity contribution in [1.82, 2.24) is 4.90 Å². The molecule has 0 aliphatic heterocycles. The molecule has 1 atom stereocenters. The second kappa shape index (κ2) is 4.27. The molecule has 0 saturated heterocycles. The normalized spacial score (nSPS) is 33.8. The van der Waals surface area contributed by atoms with Gasteiger partial charge in [-0.05, 0) is 45.7 Å². The zero-order chi connectivity index (χ0) is 9.14. The van der Waals surface area contributed by atoms with Crippen LogP contribution in [0.3, 0.4) is 0 Å².